The maximum absolute atomic E-state index is 13.2. The van der Waals surface area contributed by atoms with Crippen molar-refractivity contribution in [2.75, 3.05) is 26.4 Å². The molecule has 4 rings (SSSR count). The zero-order chi connectivity index (χ0) is 21.5. The first-order valence-corrected chi connectivity index (χ1v) is 9.53. The Hall–Kier alpha value is -3.32. The van der Waals surface area contributed by atoms with E-state index in [0.29, 0.717) is 16.9 Å². The highest BCUT2D eigenvalue weighted by Gasteiger charge is 2.63. The molecule has 30 heavy (non-hydrogen) atoms. The fourth-order valence-corrected chi connectivity index (χ4v) is 4.38. The van der Waals surface area contributed by atoms with Crippen molar-refractivity contribution >= 4 is 23.2 Å². The van der Waals surface area contributed by atoms with Crippen molar-refractivity contribution in [1.82, 2.24) is 0 Å². The van der Waals surface area contributed by atoms with Gasteiger partial charge in [-0.3, -0.25) is 14.4 Å². The van der Waals surface area contributed by atoms with Gasteiger partial charge in [-0.25, -0.2) is 5.06 Å². The zero-order valence-electron chi connectivity index (χ0n) is 17.1. The number of para-hydroxylation sites is 1. The first-order chi connectivity index (χ1) is 14.5. The van der Waals surface area contributed by atoms with Crippen molar-refractivity contribution in [3.8, 4) is 5.75 Å². The highest BCUT2D eigenvalue weighted by Crippen LogP contribution is 2.55. The van der Waals surface area contributed by atoms with Crippen LogP contribution in [-0.2, 0) is 23.9 Å². The summed E-state index contributed by atoms with van der Waals surface area (Å²) in [4.78, 5) is 32.6. The van der Waals surface area contributed by atoms with Crippen LogP contribution in [0.25, 0.3) is 5.57 Å². The number of fused-ring (bicyclic) bond motifs is 4. The second-order valence-corrected chi connectivity index (χ2v) is 7.30. The van der Waals surface area contributed by atoms with Gasteiger partial charge in [0.15, 0.2) is 5.41 Å². The van der Waals surface area contributed by atoms with Crippen molar-refractivity contribution in [2.45, 2.75) is 18.6 Å². The zero-order valence-corrected chi connectivity index (χ0v) is 17.1. The molecule has 0 spiro atoms. The normalized spacial score (nSPS) is 21.4. The third-order valence-corrected chi connectivity index (χ3v) is 5.86. The number of methoxy groups -OCH3 is 3. The molecule has 2 aromatic carbocycles. The number of hydrogen-bond donors (Lipinski definition) is 0. The van der Waals surface area contributed by atoms with Crippen LogP contribution in [0.4, 0.5) is 5.69 Å². The number of esters is 2. The first-order valence-electron chi connectivity index (χ1n) is 9.53. The van der Waals surface area contributed by atoms with Crippen molar-refractivity contribution in [3.63, 3.8) is 0 Å². The predicted octanol–water partition coefficient (Wildman–Crippen LogP) is 3.31. The fourth-order valence-electron chi connectivity index (χ4n) is 4.38. The molecule has 0 aromatic heterocycles. The van der Waals surface area contributed by atoms with E-state index in [0.717, 1.165) is 11.3 Å². The van der Waals surface area contributed by atoms with Crippen molar-refractivity contribution in [1.29, 1.82) is 0 Å². The van der Waals surface area contributed by atoms with E-state index in [-0.39, 0.29) is 6.42 Å². The minimum absolute atomic E-state index is 0.0483. The average Bonchev–Trinajstić information content (AvgIpc) is 2.81. The van der Waals surface area contributed by atoms with Crippen LogP contribution in [0.3, 0.4) is 0 Å². The Kier molecular flexibility index (Phi) is 4.99. The number of rotatable bonds is 4. The Morgan fingerprint density at radius 1 is 1.03 bits per heavy atom. The summed E-state index contributed by atoms with van der Waals surface area (Å²) < 4.78 is 15.5. The molecule has 2 aliphatic rings. The molecule has 2 aliphatic heterocycles. The number of carbonyl (C=O) groups is 2. The van der Waals surface area contributed by atoms with Crippen molar-refractivity contribution in [3.05, 3.63) is 66.2 Å². The Balaban J connectivity index is 1.98. The third kappa shape index (κ3) is 2.77. The number of benzene rings is 2. The number of hydroxylamine groups is 1. The molecule has 0 aliphatic carbocycles. The van der Waals surface area contributed by atoms with Crippen LogP contribution in [0.1, 0.15) is 23.6 Å². The fraction of sp³-hybridized carbons (Fsp3) is 0.304. The largest absolute Gasteiger partial charge is 0.497 e. The van der Waals surface area contributed by atoms with E-state index in [1.54, 1.807) is 36.4 Å². The second-order valence-electron chi connectivity index (χ2n) is 7.30. The molecule has 0 saturated carbocycles. The van der Waals surface area contributed by atoms with E-state index in [1.165, 1.54) is 14.2 Å². The lowest BCUT2D eigenvalue weighted by Gasteiger charge is -2.52. The Morgan fingerprint density at radius 3 is 2.27 bits per heavy atom. The Morgan fingerprint density at radius 2 is 1.67 bits per heavy atom. The molecule has 2 atom stereocenters. The van der Waals surface area contributed by atoms with Crippen LogP contribution >= 0.6 is 0 Å². The topological polar surface area (TPSA) is 74.3 Å². The SMILES string of the molecule is C=C1c2ccccc2N2OC1CC(C(=O)OC)(C(=O)OC)C2c1ccc(OC)cc1. The molecule has 1 saturated heterocycles. The lowest BCUT2D eigenvalue weighted by atomic mass is 9.69. The summed E-state index contributed by atoms with van der Waals surface area (Å²) in [6.07, 6.45) is -0.528. The molecular formula is C23H23NO6. The van der Waals surface area contributed by atoms with Crippen molar-refractivity contribution in [2.24, 2.45) is 5.41 Å². The van der Waals surface area contributed by atoms with Crippen LogP contribution in [-0.4, -0.2) is 39.4 Å². The highest BCUT2D eigenvalue weighted by molar-refractivity contribution is 6.03. The molecule has 2 bridgehead atoms. The summed E-state index contributed by atoms with van der Waals surface area (Å²) in [6.45, 7) is 4.16. The average molecular weight is 409 g/mol. The van der Waals surface area contributed by atoms with Crippen LogP contribution < -0.4 is 9.80 Å². The number of carbonyl (C=O) groups excluding carboxylic acids is 2. The summed E-state index contributed by atoms with van der Waals surface area (Å²) in [7, 11) is 4.10. The lowest BCUT2D eigenvalue weighted by molar-refractivity contribution is -0.183. The van der Waals surface area contributed by atoms with Gasteiger partial charge in [0, 0.05) is 12.0 Å². The van der Waals surface area contributed by atoms with E-state index in [9.17, 15) is 9.59 Å². The molecule has 2 aromatic rings. The van der Waals surface area contributed by atoms with Gasteiger partial charge < -0.3 is 14.2 Å². The van der Waals surface area contributed by atoms with Crippen LogP contribution in [0.2, 0.25) is 0 Å². The third-order valence-electron chi connectivity index (χ3n) is 5.86. The summed E-state index contributed by atoms with van der Waals surface area (Å²) in [5, 5.41) is 1.62. The van der Waals surface area contributed by atoms with E-state index in [1.807, 2.05) is 24.3 Å². The first kappa shape index (κ1) is 20.0. The minimum atomic E-state index is -1.64. The smallest absolute Gasteiger partial charge is 0.325 e. The predicted molar refractivity (Wildman–Crippen MR) is 110 cm³/mol. The molecular weight excluding hydrogens is 386 g/mol. The maximum atomic E-state index is 13.2. The monoisotopic (exact) mass is 409 g/mol. The molecule has 0 amide bonds. The number of anilines is 1. The van der Waals surface area contributed by atoms with Gasteiger partial charge in [-0.05, 0) is 29.3 Å². The number of hydrogen-bond acceptors (Lipinski definition) is 7. The van der Waals surface area contributed by atoms with Crippen LogP contribution in [0.5, 0.6) is 5.75 Å². The molecule has 1 fully saturated rings. The molecule has 0 N–H and O–H groups in total. The molecule has 156 valence electrons. The molecule has 7 nitrogen and oxygen atoms in total. The standard InChI is InChI=1S/C23H23NO6/c1-14-17-7-5-6-8-18(17)24-20(15-9-11-16(27-2)12-10-15)23(21(25)28-3,22(26)29-4)13-19(14)30-24/h5-12,19-20H,1,13H2,2-4H3. The van der Waals surface area contributed by atoms with Gasteiger partial charge in [0.25, 0.3) is 0 Å². The maximum Gasteiger partial charge on any atom is 0.325 e. The van der Waals surface area contributed by atoms with E-state index in [4.69, 9.17) is 19.0 Å². The van der Waals surface area contributed by atoms with Crippen molar-refractivity contribution < 1.29 is 28.6 Å². The second kappa shape index (κ2) is 7.50. The molecule has 7 heteroatoms. The Labute approximate surface area is 174 Å². The van der Waals surface area contributed by atoms with E-state index >= 15 is 0 Å². The number of nitrogens with zero attached hydrogens (tertiary/aromatic N) is 1. The quantitative estimate of drug-likeness (QED) is 0.567. The minimum Gasteiger partial charge on any atom is -0.497 e. The molecule has 0 radical (unpaired) electrons. The van der Waals surface area contributed by atoms with Gasteiger partial charge in [0.1, 0.15) is 17.9 Å². The molecule has 2 unspecified atom stereocenters. The number of ether oxygens (including phenoxy) is 3. The summed E-state index contributed by atoms with van der Waals surface area (Å²) in [6, 6.07) is 14.0. The van der Waals surface area contributed by atoms with Gasteiger partial charge in [0.2, 0.25) is 0 Å². The lowest BCUT2D eigenvalue weighted by Crippen LogP contribution is -2.60. The summed E-state index contributed by atoms with van der Waals surface area (Å²) in [5.41, 5.74) is 1.38. The highest BCUT2D eigenvalue weighted by atomic mass is 16.7. The summed E-state index contributed by atoms with van der Waals surface area (Å²) in [5.74, 6) is -0.705. The van der Waals surface area contributed by atoms with Gasteiger partial charge in [-0.1, -0.05) is 36.9 Å². The summed E-state index contributed by atoms with van der Waals surface area (Å²) >= 11 is 0. The van der Waals surface area contributed by atoms with Gasteiger partial charge in [0.05, 0.1) is 27.0 Å². The molecule has 2 heterocycles. The van der Waals surface area contributed by atoms with Crippen LogP contribution in [0.15, 0.2) is 55.1 Å². The van der Waals surface area contributed by atoms with E-state index < -0.39 is 29.5 Å². The van der Waals surface area contributed by atoms with Gasteiger partial charge >= 0.3 is 11.9 Å². The van der Waals surface area contributed by atoms with Gasteiger partial charge in [-0.15, -0.1) is 0 Å². The van der Waals surface area contributed by atoms with Gasteiger partial charge in [-0.2, -0.15) is 0 Å². The van der Waals surface area contributed by atoms with E-state index in [2.05, 4.69) is 6.58 Å². The van der Waals surface area contributed by atoms with Crippen LogP contribution in [0, 0.1) is 5.41 Å². The Bertz CT molecular complexity index is 983.